The van der Waals surface area contributed by atoms with Gasteiger partial charge in [0.1, 0.15) is 0 Å². The average Bonchev–Trinajstić information content (AvgIpc) is 2.45. The second-order valence-electron chi connectivity index (χ2n) is 6.02. The lowest BCUT2D eigenvalue weighted by molar-refractivity contribution is -0.128. The lowest BCUT2D eigenvalue weighted by Gasteiger charge is -2.34. The molecule has 1 aromatic carbocycles. The molecule has 1 aliphatic carbocycles. The van der Waals surface area contributed by atoms with Crippen molar-refractivity contribution in [1.29, 1.82) is 0 Å². The topological polar surface area (TPSA) is 61.4 Å². The van der Waals surface area contributed by atoms with Gasteiger partial charge in [-0.05, 0) is 24.3 Å². The molecule has 0 saturated heterocycles. The second-order valence-corrected chi connectivity index (χ2v) is 6.02. The Labute approximate surface area is 132 Å². The zero-order valence-corrected chi connectivity index (χ0v) is 13.3. The minimum Gasteiger partial charge on any atom is -0.349 e. The van der Waals surface area contributed by atoms with Gasteiger partial charge in [0, 0.05) is 27.1 Å². The molecule has 0 bridgehead atoms. The fourth-order valence-electron chi connectivity index (χ4n) is 2.61. The van der Waals surface area contributed by atoms with Crippen LogP contribution in [0.4, 0.5) is 4.79 Å². The Morgan fingerprint density at radius 1 is 1.23 bits per heavy atom. The van der Waals surface area contributed by atoms with E-state index < -0.39 is 0 Å². The molecule has 0 heterocycles. The van der Waals surface area contributed by atoms with Crippen molar-refractivity contribution in [2.24, 2.45) is 5.92 Å². The van der Waals surface area contributed by atoms with Crippen molar-refractivity contribution in [3.8, 4) is 0 Å². The monoisotopic (exact) mass is 303 g/mol. The number of amides is 3. The Morgan fingerprint density at radius 2 is 1.91 bits per heavy atom. The van der Waals surface area contributed by atoms with Crippen molar-refractivity contribution in [2.45, 2.75) is 31.7 Å². The van der Waals surface area contributed by atoms with Gasteiger partial charge in [0.15, 0.2) is 0 Å². The summed E-state index contributed by atoms with van der Waals surface area (Å²) in [6.07, 6.45) is 3.85. The summed E-state index contributed by atoms with van der Waals surface area (Å²) in [5.41, 5.74) is 1.15. The van der Waals surface area contributed by atoms with E-state index in [-0.39, 0.29) is 18.0 Å². The summed E-state index contributed by atoms with van der Waals surface area (Å²) in [6, 6.07) is 9.94. The first-order valence-corrected chi connectivity index (χ1v) is 7.87. The van der Waals surface area contributed by atoms with Gasteiger partial charge in [0.2, 0.25) is 5.91 Å². The molecule has 5 heteroatoms. The predicted molar refractivity (Wildman–Crippen MR) is 86.4 cm³/mol. The summed E-state index contributed by atoms with van der Waals surface area (Å²) in [4.78, 5) is 25.1. The molecule has 1 atom stereocenters. The Kier molecular flexibility index (Phi) is 5.81. The maximum absolute atomic E-state index is 12.1. The molecule has 1 fully saturated rings. The van der Waals surface area contributed by atoms with Crippen LogP contribution in [-0.2, 0) is 4.79 Å². The van der Waals surface area contributed by atoms with E-state index in [9.17, 15) is 9.59 Å². The summed E-state index contributed by atoms with van der Waals surface area (Å²) >= 11 is 0. The molecule has 1 aromatic rings. The molecule has 0 radical (unpaired) electrons. The van der Waals surface area contributed by atoms with Gasteiger partial charge in [-0.15, -0.1) is 0 Å². The highest BCUT2D eigenvalue weighted by molar-refractivity contribution is 5.78. The van der Waals surface area contributed by atoms with Crippen LogP contribution >= 0.6 is 0 Å². The fraction of sp³-hybridized carbons (Fsp3) is 0.529. The molecule has 120 valence electrons. The third kappa shape index (κ3) is 4.48. The lowest BCUT2D eigenvalue weighted by Crippen LogP contribution is -2.43. The number of nitrogens with zero attached hydrogens (tertiary/aromatic N) is 1. The summed E-state index contributed by atoms with van der Waals surface area (Å²) in [7, 11) is 3.43. The summed E-state index contributed by atoms with van der Waals surface area (Å²) in [5.74, 6) is 0.524. The number of benzene rings is 1. The van der Waals surface area contributed by atoms with Gasteiger partial charge >= 0.3 is 6.03 Å². The molecule has 5 nitrogen and oxygen atoms in total. The van der Waals surface area contributed by atoms with Crippen molar-refractivity contribution < 1.29 is 9.59 Å². The molecule has 2 rings (SSSR count). The summed E-state index contributed by atoms with van der Waals surface area (Å²) in [6.45, 7) is 0.356. The molecule has 1 saturated carbocycles. The van der Waals surface area contributed by atoms with E-state index in [1.54, 1.807) is 14.1 Å². The Hall–Kier alpha value is -2.04. The molecule has 0 aliphatic heterocycles. The van der Waals surface area contributed by atoms with Gasteiger partial charge in [-0.25, -0.2) is 4.79 Å². The minimum absolute atomic E-state index is 0.0129. The molecule has 2 N–H and O–H groups in total. The van der Waals surface area contributed by atoms with E-state index in [2.05, 4.69) is 22.8 Å². The highest BCUT2D eigenvalue weighted by Gasteiger charge is 2.29. The van der Waals surface area contributed by atoms with Crippen molar-refractivity contribution in [1.82, 2.24) is 15.5 Å². The van der Waals surface area contributed by atoms with Crippen LogP contribution in [0, 0.1) is 5.92 Å². The third-order valence-electron chi connectivity index (χ3n) is 4.19. The Bertz CT molecular complexity index is 498. The van der Waals surface area contributed by atoms with Crippen LogP contribution in [0.1, 0.15) is 37.3 Å². The van der Waals surface area contributed by atoms with E-state index in [1.807, 2.05) is 18.2 Å². The molecule has 1 unspecified atom stereocenters. The van der Waals surface area contributed by atoms with Crippen molar-refractivity contribution >= 4 is 11.9 Å². The second kappa shape index (κ2) is 7.82. The van der Waals surface area contributed by atoms with E-state index in [0.717, 1.165) is 18.4 Å². The average molecular weight is 303 g/mol. The van der Waals surface area contributed by atoms with Crippen molar-refractivity contribution in [3.63, 3.8) is 0 Å². The smallest absolute Gasteiger partial charge is 0.315 e. The van der Waals surface area contributed by atoms with Gasteiger partial charge in [-0.2, -0.15) is 0 Å². The van der Waals surface area contributed by atoms with Crippen LogP contribution in [0.2, 0.25) is 0 Å². The van der Waals surface area contributed by atoms with Gasteiger partial charge in [0.05, 0.1) is 6.04 Å². The number of carbonyl (C=O) groups is 2. The maximum Gasteiger partial charge on any atom is 0.315 e. The SMILES string of the molecule is CN(C)C(=O)CCNC(=O)NC(c1ccccc1)C1CCC1. The molecule has 22 heavy (non-hydrogen) atoms. The highest BCUT2D eigenvalue weighted by Crippen LogP contribution is 2.37. The van der Waals surface area contributed by atoms with Crippen LogP contribution < -0.4 is 10.6 Å². The number of urea groups is 1. The first-order chi connectivity index (χ1) is 10.6. The summed E-state index contributed by atoms with van der Waals surface area (Å²) in [5, 5.41) is 5.84. The third-order valence-corrected chi connectivity index (χ3v) is 4.19. The minimum atomic E-state index is -0.202. The van der Waals surface area contributed by atoms with Gasteiger partial charge < -0.3 is 15.5 Å². The highest BCUT2D eigenvalue weighted by atomic mass is 16.2. The van der Waals surface area contributed by atoms with E-state index in [4.69, 9.17) is 0 Å². The van der Waals surface area contributed by atoms with Crippen LogP contribution in [0.25, 0.3) is 0 Å². The molecular weight excluding hydrogens is 278 g/mol. The molecule has 1 aliphatic rings. The lowest BCUT2D eigenvalue weighted by atomic mass is 9.77. The standard InChI is InChI=1S/C17H25N3O2/c1-20(2)15(21)11-12-18-17(22)19-16(14-9-6-10-14)13-7-4-3-5-8-13/h3-5,7-8,14,16H,6,9-12H2,1-2H3,(H2,18,19,22). The fourth-order valence-corrected chi connectivity index (χ4v) is 2.61. The van der Waals surface area contributed by atoms with Gasteiger partial charge in [-0.3, -0.25) is 4.79 Å². The Morgan fingerprint density at radius 3 is 2.45 bits per heavy atom. The number of carbonyl (C=O) groups excluding carboxylic acids is 2. The predicted octanol–water partition coefficient (Wildman–Crippen LogP) is 2.31. The van der Waals surface area contributed by atoms with Crippen LogP contribution in [0.5, 0.6) is 0 Å². The number of nitrogens with one attached hydrogen (secondary N) is 2. The summed E-state index contributed by atoms with van der Waals surface area (Å²) < 4.78 is 0. The van der Waals surface area contributed by atoms with Crippen LogP contribution in [0.3, 0.4) is 0 Å². The quantitative estimate of drug-likeness (QED) is 0.847. The first kappa shape index (κ1) is 16.3. The van der Waals surface area contributed by atoms with Gasteiger partial charge in [-0.1, -0.05) is 36.8 Å². The maximum atomic E-state index is 12.1. The normalized spacial score (nSPS) is 15.5. The number of hydrogen-bond donors (Lipinski definition) is 2. The van der Waals surface area contributed by atoms with Gasteiger partial charge in [0.25, 0.3) is 0 Å². The Balaban J connectivity index is 1.85. The molecule has 0 spiro atoms. The largest absolute Gasteiger partial charge is 0.349 e. The van der Waals surface area contributed by atoms with Crippen molar-refractivity contribution in [3.05, 3.63) is 35.9 Å². The molecule has 3 amide bonds. The van der Waals surface area contributed by atoms with Crippen LogP contribution in [0.15, 0.2) is 30.3 Å². The first-order valence-electron chi connectivity index (χ1n) is 7.87. The molecule has 0 aromatic heterocycles. The molecular formula is C17H25N3O2. The zero-order chi connectivity index (χ0) is 15.9. The zero-order valence-electron chi connectivity index (χ0n) is 13.3. The number of rotatable bonds is 6. The number of hydrogen-bond acceptors (Lipinski definition) is 2. The van der Waals surface area contributed by atoms with Crippen LogP contribution in [-0.4, -0.2) is 37.5 Å². The van der Waals surface area contributed by atoms with E-state index in [1.165, 1.54) is 11.3 Å². The van der Waals surface area contributed by atoms with Crippen molar-refractivity contribution in [2.75, 3.05) is 20.6 Å². The van der Waals surface area contributed by atoms with E-state index in [0.29, 0.717) is 18.9 Å². The van der Waals surface area contributed by atoms with E-state index >= 15 is 0 Å².